The van der Waals surface area contributed by atoms with Gasteiger partial charge in [-0.2, -0.15) is 0 Å². The van der Waals surface area contributed by atoms with Crippen molar-refractivity contribution in [2.45, 2.75) is 13.0 Å². The van der Waals surface area contributed by atoms with Gasteiger partial charge >= 0.3 is 5.97 Å². The van der Waals surface area contributed by atoms with E-state index in [4.69, 9.17) is 9.47 Å². The molecular weight excluding hydrogens is 316 g/mol. The van der Waals surface area contributed by atoms with E-state index in [1.54, 1.807) is 32.2 Å². The van der Waals surface area contributed by atoms with Crippen LogP contribution < -0.4 is 4.74 Å². The van der Waals surface area contributed by atoms with Gasteiger partial charge in [0.15, 0.2) is 0 Å². The fourth-order valence-corrected chi connectivity index (χ4v) is 3.08. The lowest BCUT2D eigenvalue weighted by Gasteiger charge is -2.18. The predicted octanol–water partition coefficient (Wildman–Crippen LogP) is 4.36. The number of carbonyl (C=O) groups excluding carboxylic acids is 1. The van der Waals surface area contributed by atoms with Crippen molar-refractivity contribution >= 4 is 16.7 Å². The lowest BCUT2D eigenvalue weighted by atomic mass is 9.90. The molecule has 0 heterocycles. The van der Waals surface area contributed by atoms with Crippen molar-refractivity contribution in [1.82, 2.24) is 0 Å². The van der Waals surface area contributed by atoms with E-state index in [0.717, 1.165) is 27.5 Å². The molecule has 1 atom stereocenters. The monoisotopic (exact) mass is 336 g/mol. The third-order valence-electron chi connectivity index (χ3n) is 4.30. The highest BCUT2D eigenvalue weighted by Crippen LogP contribution is 2.40. The van der Waals surface area contributed by atoms with Crippen molar-refractivity contribution in [2.75, 3.05) is 14.2 Å². The number of hydrogen-bond acceptors (Lipinski definition) is 4. The first-order valence-electron chi connectivity index (χ1n) is 8.03. The minimum Gasteiger partial charge on any atom is -0.496 e. The average Bonchev–Trinajstić information content (AvgIpc) is 2.65. The Morgan fingerprint density at radius 2 is 1.80 bits per heavy atom. The van der Waals surface area contributed by atoms with E-state index in [0.29, 0.717) is 11.3 Å². The Labute approximate surface area is 146 Å². The summed E-state index contributed by atoms with van der Waals surface area (Å²) in [7, 11) is 2.96. The van der Waals surface area contributed by atoms with Gasteiger partial charge in [0, 0.05) is 5.56 Å². The smallest absolute Gasteiger partial charge is 0.337 e. The number of rotatable bonds is 4. The van der Waals surface area contributed by atoms with Crippen LogP contribution in [0.25, 0.3) is 21.9 Å². The SMILES string of the molecule is COC(=O)c1ccc([C@H](C)O)c(-c2c(OC)ccc3ccccc23)c1. The number of hydrogen-bond donors (Lipinski definition) is 1. The number of aliphatic hydroxyl groups is 1. The van der Waals surface area contributed by atoms with Crippen LogP contribution in [0, 0.1) is 0 Å². The van der Waals surface area contributed by atoms with Gasteiger partial charge < -0.3 is 14.6 Å². The minimum absolute atomic E-state index is 0.419. The quantitative estimate of drug-likeness (QED) is 0.720. The molecule has 4 nitrogen and oxygen atoms in total. The second kappa shape index (κ2) is 6.95. The number of aliphatic hydroxyl groups excluding tert-OH is 1. The highest BCUT2D eigenvalue weighted by Gasteiger charge is 2.19. The molecule has 0 radical (unpaired) electrons. The summed E-state index contributed by atoms with van der Waals surface area (Å²) < 4.78 is 10.4. The molecule has 0 aliphatic rings. The van der Waals surface area contributed by atoms with Crippen molar-refractivity contribution in [3.05, 3.63) is 65.7 Å². The molecule has 0 fully saturated rings. The van der Waals surface area contributed by atoms with Crippen LogP contribution in [0.15, 0.2) is 54.6 Å². The van der Waals surface area contributed by atoms with E-state index in [9.17, 15) is 9.90 Å². The van der Waals surface area contributed by atoms with Crippen LogP contribution in [-0.2, 0) is 4.74 Å². The lowest BCUT2D eigenvalue weighted by Crippen LogP contribution is -2.04. The molecule has 0 aromatic heterocycles. The van der Waals surface area contributed by atoms with Crippen molar-refractivity contribution in [1.29, 1.82) is 0 Å². The zero-order valence-corrected chi connectivity index (χ0v) is 14.4. The number of fused-ring (bicyclic) bond motifs is 1. The first-order chi connectivity index (χ1) is 12.1. The van der Waals surface area contributed by atoms with Gasteiger partial charge in [-0.25, -0.2) is 4.79 Å². The van der Waals surface area contributed by atoms with E-state index in [1.165, 1.54) is 7.11 Å². The maximum atomic E-state index is 12.0. The van der Waals surface area contributed by atoms with Crippen LogP contribution in [0.4, 0.5) is 0 Å². The normalized spacial score (nSPS) is 12.0. The Morgan fingerprint density at radius 3 is 2.48 bits per heavy atom. The Morgan fingerprint density at radius 1 is 1.04 bits per heavy atom. The Kier molecular flexibility index (Phi) is 4.72. The standard InChI is InChI=1S/C21H20O4/c1-13(22)16-10-8-15(21(23)25-3)12-18(16)20-17-7-5-4-6-14(17)9-11-19(20)24-2/h4-13,22H,1-3H3/t13-/m0/s1. The van der Waals surface area contributed by atoms with Crippen LogP contribution in [-0.4, -0.2) is 25.3 Å². The fourth-order valence-electron chi connectivity index (χ4n) is 3.08. The Bertz CT molecular complexity index is 928. The molecule has 0 saturated heterocycles. The van der Waals surface area contributed by atoms with E-state index in [1.807, 2.05) is 36.4 Å². The second-order valence-electron chi connectivity index (χ2n) is 5.83. The summed E-state index contributed by atoms with van der Waals surface area (Å²) in [6, 6.07) is 17.0. The molecular formula is C21H20O4. The number of carbonyl (C=O) groups is 1. The van der Waals surface area contributed by atoms with Crippen LogP contribution >= 0.6 is 0 Å². The third-order valence-corrected chi connectivity index (χ3v) is 4.30. The Hall–Kier alpha value is -2.85. The molecule has 3 rings (SSSR count). The van der Waals surface area contributed by atoms with Crippen LogP contribution in [0.2, 0.25) is 0 Å². The largest absolute Gasteiger partial charge is 0.496 e. The highest BCUT2D eigenvalue weighted by atomic mass is 16.5. The van der Waals surface area contributed by atoms with Gasteiger partial charge in [-0.3, -0.25) is 0 Å². The molecule has 0 unspecified atom stereocenters. The van der Waals surface area contributed by atoms with Crippen LogP contribution in [0.5, 0.6) is 5.75 Å². The van der Waals surface area contributed by atoms with E-state index in [-0.39, 0.29) is 0 Å². The summed E-state index contributed by atoms with van der Waals surface area (Å²) in [6.45, 7) is 1.70. The van der Waals surface area contributed by atoms with Gasteiger partial charge in [0.1, 0.15) is 5.75 Å². The third kappa shape index (κ3) is 3.08. The summed E-state index contributed by atoms with van der Waals surface area (Å²) in [5.74, 6) is 0.264. The Balaban J connectivity index is 2.38. The van der Waals surface area contributed by atoms with Gasteiger partial charge in [-0.15, -0.1) is 0 Å². The molecule has 4 heteroatoms. The zero-order valence-electron chi connectivity index (χ0n) is 14.4. The molecule has 0 spiro atoms. The summed E-state index contributed by atoms with van der Waals surface area (Å²) >= 11 is 0. The predicted molar refractivity (Wildman–Crippen MR) is 97.9 cm³/mol. The van der Waals surface area contributed by atoms with Crippen LogP contribution in [0.1, 0.15) is 28.9 Å². The molecule has 25 heavy (non-hydrogen) atoms. The number of benzene rings is 3. The summed E-state index contributed by atoms with van der Waals surface area (Å²) in [5, 5.41) is 12.3. The molecule has 0 aliphatic heterocycles. The van der Waals surface area contributed by atoms with Crippen molar-refractivity contribution in [3.8, 4) is 16.9 Å². The summed E-state index contributed by atoms with van der Waals surface area (Å²) in [5.41, 5.74) is 2.76. The van der Waals surface area contributed by atoms with Gasteiger partial charge in [0.2, 0.25) is 0 Å². The molecule has 0 amide bonds. The van der Waals surface area contributed by atoms with Crippen molar-refractivity contribution in [2.24, 2.45) is 0 Å². The average molecular weight is 336 g/mol. The lowest BCUT2D eigenvalue weighted by molar-refractivity contribution is 0.0600. The molecule has 128 valence electrons. The highest BCUT2D eigenvalue weighted by molar-refractivity contribution is 6.02. The maximum Gasteiger partial charge on any atom is 0.337 e. The van der Waals surface area contributed by atoms with Gasteiger partial charge in [-0.05, 0) is 47.0 Å². The first-order valence-corrected chi connectivity index (χ1v) is 8.03. The van der Waals surface area contributed by atoms with Gasteiger partial charge in [0.05, 0.1) is 25.9 Å². The molecule has 0 bridgehead atoms. The summed E-state index contributed by atoms with van der Waals surface area (Å²) in [6.07, 6.45) is -0.689. The molecule has 1 N–H and O–H groups in total. The topological polar surface area (TPSA) is 55.8 Å². The zero-order chi connectivity index (χ0) is 18.0. The molecule has 3 aromatic rings. The molecule has 3 aromatic carbocycles. The number of esters is 1. The van der Waals surface area contributed by atoms with Crippen LogP contribution in [0.3, 0.4) is 0 Å². The molecule has 0 saturated carbocycles. The summed E-state index contributed by atoms with van der Waals surface area (Å²) in [4.78, 5) is 12.0. The number of ether oxygens (including phenoxy) is 2. The van der Waals surface area contributed by atoms with E-state index in [2.05, 4.69) is 0 Å². The number of methoxy groups -OCH3 is 2. The minimum atomic E-state index is -0.689. The van der Waals surface area contributed by atoms with Gasteiger partial charge in [-0.1, -0.05) is 36.4 Å². The van der Waals surface area contributed by atoms with Crippen molar-refractivity contribution in [3.63, 3.8) is 0 Å². The van der Waals surface area contributed by atoms with Crippen molar-refractivity contribution < 1.29 is 19.4 Å². The second-order valence-corrected chi connectivity index (χ2v) is 5.83. The van der Waals surface area contributed by atoms with E-state index >= 15 is 0 Å². The maximum absolute atomic E-state index is 12.0. The molecule has 0 aliphatic carbocycles. The first kappa shape index (κ1) is 17.0. The fraction of sp³-hybridized carbons (Fsp3) is 0.190. The van der Waals surface area contributed by atoms with Gasteiger partial charge in [0.25, 0.3) is 0 Å². The van der Waals surface area contributed by atoms with E-state index < -0.39 is 12.1 Å².